The lowest BCUT2D eigenvalue weighted by atomic mass is 9.81. The third kappa shape index (κ3) is 4.48. The molecule has 0 amide bonds. The van der Waals surface area contributed by atoms with Crippen LogP contribution in [0.15, 0.2) is 48.2 Å². The van der Waals surface area contributed by atoms with Crippen LogP contribution in [0.1, 0.15) is 51.4 Å². The topological polar surface area (TPSA) is 81.5 Å². The molecular formula is C26H25F3N2O4. The molecule has 6 nitrogen and oxygen atoms in total. The number of alkyl halides is 3. The van der Waals surface area contributed by atoms with E-state index < -0.39 is 34.7 Å². The minimum atomic E-state index is -4.80. The number of halogens is 3. The molecule has 1 N–H and O–H groups in total. The van der Waals surface area contributed by atoms with E-state index >= 15 is 0 Å². The van der Waals surface area contributed by atoms with Gasteiger partial charge in [-0.15, -0.1) is 0 Å². The Morgan fingerprint density at radius 2 is 1.63 bits per heavy atom. The van der Waals surface area contributed by atoms with Gasteiger partial charge in [0.2, 0.25) is 5.69 Å². The minimum Gasteiger partial charge on any atom is -0.508 e. The van der Waals surface area contributed by atoms with Crippen LogP contribution < -0.4 is 4.74 Å². The second-order valence-corrected chi connectivity index (χ2v) is 9.31. The summed E-state index contributed by atoms with van der Waals surface area (Å²) in [6, 6.07) is 10.8. The molecule has 2 aromatic carbocycles. The van der Waals surface area contributed by atoms with Gasteiger partial charge < -0.3 is 14.6 Å². The first-order valence-corrected chi connectivity index (χ1v) is 11.1. The van der Waals surface area contributed by atoms with E-state index in [4.69, 9.17) is 9.47 Å². The molecule has 0 atom stereocenters. The quantitative estimate of drug-likeness (QED) is 0.458. The van der Waals surface area contributed by atoms with Crippen LogP contribution in [-0.2, 0) is 22.1 Å². The summed E-state index contributed by atoms with van der Waals surface area (Å²) in [5.74, 6) is -1.39. The van der Waals surface area contributed by atoms with Crippen molar-refractivity contribution in [2.75, 3.05) is 0 Å². The number of aliphatic hydroxyl groups is 1. The van der Waals surface area contributed by atoms with Crippen LogP contribution in [0, 0.1) is 0 Å². The summed E-state index contributed by atoms with van der Waals surface area (Å²) in [4.78, 5) is 21.0. The number of hydrogen-bond acceptors (Lipinski definition) is 6. The van der Waals surface area contributed by atoms with Crippen molar-refractivity contribution in [3.8, 4) is 11.6 Å². The number of aliphatic hydroxyl groups excluding tert-OH is 1. The normalized spacial score (nSPS) is 17.7. The van der Waals surface area contributed by atoms with Crippen molar-refractivity contribution in [2.45, 2.75) is 58.4 Å². The molecule has 0 saturated carbocycles. The first-order chi connectivity index (χ1) is 16.2. The van der Waals surface area contributed by atoms with Gasteiger partial charge in [0.1, 0.15) is 22.7 Å². The molecule has 0 radical (unpaired) electrons. The van der Waals surface area contributed by atoms with Crippen LogP contribution >= 0.6 is 0 Å². The molecule has 1 aliphatic rings. The van der Waals surface area contributed by atoms with Crippen LogP contribution in [-0.4, -0.2) is 32.1 Å². The Labute approximate surface area is 200 Å². The molecule has 0 unspecified atom stereocenters. The maximum Gasteiger partial charge on any atom is 0.438 e. The second-order valence-electron chi connectivity index (χ2n) is 9.31. The van der Waals surface area contributed by atoms with Gasteiger partial charge in [0.25, 0.3) is 5.88 Å². The second kappa shape index (κ2) is 8.34. The zero-order valence-electron chi connectivity index (χ0n) is 19.9. The van der Waals surface area contributed by atoms with Crippen molar-refractivity contribution in [3.05, 3.63) is 65.0 Å². The highest BCUT2D eigenvalue weighted by Crippen LogP contribution is 2.42. The number of ether oxygens (including phenoxy) is 2. The number of carbonyl (C=O) groups excluding carboxylic acids is 1. The highest BCUT2D eigenvalue weighted by molar-refractivity contribution is 6.26. The zero-order chi connectivity index (χ0) is 25.8. The molecule has 2 heterocycles. The van der Waals surface area contributed by atoms with Crippen molar-refractivity contribution >= 4 is 22.4 Å². The molecule has 35 heavy (non-hydrogen) atoms. The van der Waals surface area contributed by atoms with E-state index in [1.807, 2.05) is 6.92 Å². The molecule has 9 heteroatoms. The van der Waals surface area contributed by atoms with E-state index in [1.165, 1.54) is 24.3 Å². The van der Waals surface area contributed by atoms with Gasteiger partial charge in [0, 0.05) is 0 Å². The molecule has 0 fully saturated rings. The van der Waals surface area contributed by atoms with Crippen molar-refractivity contribution < 1.29 is 32.5 Å². The largest absolute Gasteiger partial charge is 0.508 e. The summed E-state index contributed by atoms with van der Waals surface area (Å²) >= 11 is 0. The van der Waals surface area contributed by atoms with Crippen molar-refractivity contribution in [1.29, 1.82) is 0 Å². The first kappa shape index (κ1) is 24.7. The molecule has 184 valence electrons. The van der Waals surface area contributed by atoms with Gasteiger partial charge in [-0.25, -0.2) is 9.97 Å². The van der Waals surface area contributed by atoms with Gasteiger partial charge in [-0.2, -0.15) is 13.2 Å². The maximum atomic E-state index is 13.8. The van der Waals surface area contributed by atoms with Crippen LogP contribution in [0.2, 0.25) is 0 Å². The number of ketones is 1. The van der Waals surface area contributed by atoms with E-state index in [9.17, 15) is 23.1 Å². The van der Waals surface area contributed by atoms with Gasteiger partial charge in [0.05, 0.1) is 16.6 Å². The van der Waals surface area contributed by atoms with Crippen molar-refractivity contribution in [1.82, 2.24) is 9.97 Å². The van der Waals surface area contributed by atoms with Gasteiger partial charge in [-0.05, 0) is 69.5 Å². The Bertz CT molecular complexity index is 1360. The Morgan fingerprint density at radius 1 is 1.00 bits per heavy atom. The average molecular weight is 486 g/mol. The Kier molecular flexibility index (Phi) is 5.87. The third-order valence-electron chi connectivity index (χ3n) is 5.84. The number of carbonyl (C=O) groups is 1. The third-order valence-corrected chi connectivity index (χ3v) is 5.84. The van der Waals surface area contributed by atoms with E-state index in [0.717, 1.165) is 0 Å². The number of rotatable bonds is 4. The van der Waals surface area contributed by atoms with Crippen LogP contribution in [0.25, 0.3) is 16.6 Å². The molecule has 1 aromatic heterocycles. The maximum absolute atomic E-state index is 13.8. The summed E-state index contributed by atoms with van der Waals surface area (Å²) in [5.41, 5.74) is -2.19. The van der Waals surface area contributed by atoms with Crippen LogP contribution in [0.4, 0.5) is 13.2 Å². The fourth-order valence-corrected chi connectivity index (χ4v) is 4.20. The zero-order valence-corrected chi connectivity index (χ0v) is 19.9. The molecule has 4 rings (SSSR count). The highest BCUT2D eigenvalue weighted by atomic mass is 19.4. The summed E-state index contributed by atoms with van der Waals surface area (Å²) < 4.78 is 52.7. The predicted octanol–water partition coefficient (Wildman–Crippen LogP) is 6.43. The molecule has 0 spiro atoms. The van der Waals surface area contributed by atoms with Gasteiger partial charge in [-0.3, -0.25) is 4.79 Å². The Balaban J connectivity index is 1.87. The lowest BCUT2D eigenvalue weighted by Gasteiger charge is -2.40. The number of para-hydroxylation sites is 2. The summed E-state index contributed by atoms with van der Waals surface area (Å²) in [6.07, 6.45) is -4.30. The first-order valence-electron chi connectivity index (χ1n) is 11.1. The minimum absolute atomic E-state index is 0.0162. The summed E-state index contributed by atoms with van der Waals surface area (Å²) in [6.45, 7) is 8.37. The predicted molar refractivity (Wildman–Crippen MR) is 124 cm³/mol. The fraction of sp³-hybridized carbons (Fsp3) is 0.346. The van der Waals surface area contributed by atoms with E-state index in [2.05, 4.69) is 9.97 Å². The van der Waals surface area contributed by atoms with Crippen molar-refractivity contribution in [3.63, 3.8) is 0 Å². The molecule has 3 aromatic rings. The van der Waals surface area contributed by atoms with Crippen LogP contribution in [0.3, 0.4) is 0 Å². The number of nitrogens with zero attached hydrogens (tertiary/aromatic N) is 2. The Hall–Kier alpha value is -3.46. The Morgan fingerprint density at radius 3 is 2.23 bits per heavy atom. The highest BCUT2D eigenvalue weighted by Gasteiger charge is 2.47. The number of hydrogen-bond donors (Lipinski definition) is 1. The SMILES string of the molecule is CCc1ccc(Oc2nc3ccccc3nc2C(F)(F)F)cc1C1=C(O)C(C)(C)OC(C)(C)C1=O. The van der Waals surface area contributed by atoms with E-state index in [-0.39, 0.29) is 28.1 Å². The fourth-order valence-electron chi connectivity index (χ4n) is 4.20. The monoisotopic (exact) mass is 486 g/mol. The number of benzene rings is 2. The van der Waals surface area contributed by atoms with Crippen LogP contribution in [0.5, 0.6) is 11.6 Å². The number of aryl methyl sites for hydroxylation is 1. The van der Waals surface area contributed by atoms with Gasteiger partial charge in [0.15, 0.2) is 5.78 Å². The summed E-state index contributed by atoms with van der Waals surface area (Å²) in [5, 5.41) is 10.9. The van der Waals surface area contributed by atoms with Gasteiger partial charge in [-0.1, -0.05) is 25.1 Å². The van der Waals surface area contributed by atoms with Crippen molar-refractivity contribution in [2.24, 2.45) is 0 Å². The van der Waals surface area contributed by atoms with Gasteiger partial charge >= 0.3 is 6.18 Å². The molecule has 0 bridgehead atoms. The number of fused-ring (bicyclic) bond motifs is 1. The molecule has 1 aliphatic heterocycles. The molecule has 0 saturated heterocycles. The number of Topliss-reactive ketones (excluding diaryl/α,β-unsaturated/α-hetero) is 1. The van der Waals surface area contributed by atoms with E-state index in [1.54, 1.807) is 45.9 Å². The standard InChI is InChI=1S/C26H25F3N2O4/c1-6-14-11-12-15(13-16(14)19-21(32)24(2,3)35-25(4,5)22(19)33)34-23-20(26(27,28)29)30-17-9-7-8-10-18(17)31-23/h7-13,32H,6H2,1-5H3. The van der Waals surface area contributed by atoms with E-state index in [0.29, 0.717) is 17.5 Å². The average Bonchev–Trinajstić information content (AvgIpc) is 2.76. The smallest absolute Gasteiger partial charge is 0.438 e. The lowest BCUT2D eigenvalue weighted by Crippen LogP contribution is -2.49. The molecular weight excluding hydrogens is 461 g/mol. The summed E-state index contributed by atoms with van der Waals surface area (Å²) in [7, 11) is 0. The lowest BCUT2D eigenvalue weighted by molar-refractivity contribution is -0.158. The molecule has 0 aliphatic carbocycles. The number of aromatic nitrogens is 2.